The molecule has 0 radical (unpaired) electrons. The minimum Gasteiger partial charge on any atom is -0.369 e. The van der Waals surface area contributed by atoms with Crippen LogP contribution in [-0.2, 0) is 9.53 Å². The number of nitrogens with two attached hydrogens (primary N) is 1. The van der Waals surface area contributed by atoms with E-state index in [1.165, 1.54) is 6.92 Å². The van der Waals surface area contributed by atoms with E-state index in [0.717, 1.165) is 19.3 Å². The maximum absolute atomic E-state index is 10.5. The lowest BCUT2D eigenvalue weighted by Gasteiger charge is -2.14. The Hall–Kier alpha value is -0.410. The Balaban J connectivity index is 2.20. The van der Waals surface area contributed by atoms with E-state index in [1.54, 1.807) is 0 Å². The largest absolute Gasteiger partial charge is 0.369 e. The summed E-state index contributed by atoms with van der Waals surface area (Å²) in [7, 11) is 0. The van der Waals surface area contributed by atoms with Crippen molar-refractivity contribution in [2.24, 2.45) is 5.73 Å². The SMILES string of the molecule is CC(=O)CO[C@@H]1CCC[C@@H]1N. The third-order valence-corrected chi connectivity index (χ3v) is 2.00. The first-order valence-electron chi connectivity index (χ1n) is 4.07. The number of carbonyl (C=O) groups is 1. The number of hydrogen-bond acceptors (Lipinski definition) is 3. The van der Waals surface area contributed by atoms with Gasteiger partial charge in [-0.05, 0) is 26.2 Å². The van der Waals surface area contributed by atoms with E-state index in [-0.39, 0.29) is 24.5 Å². The molecule has 1 aliphatic carbocycles. The molecule has 1 aliphatic rings. The fourth-order valence-electron chi connectivity index (χ4n) is 1.39. The Morgan fingerprint density at radius 3 is 2.82 bits per heavy atom. The first kappa shape index (κ1) is 8.68. The van der Waals surface area contributed by atoms with Gasteiger partial charge in [0.05, 0.1) is 6.10 Å². The van der Waals surface area contributed by atoms with E-state index in [1.807, 2.05) is 0 Å². The summed E-state index contributed by atoms with van der Waals surface area (Å²) in [6.07, 6.45) is 3.29. The molecular formula is C8H15NO2. The van der Waals surface area contributed by atoms with Crippen molar-refractivity contribution in [1.29, 1.82) is 0 Å². The maximum atomic E-state index is 10.5. The molecule has 0 unspecified atom stereocenters. The van der Waals surface area contributed by atoms with Crippen molar-refractivity contribution >= 4 is 5.78 Å². The fraction of sp³-hybridized carbons (Fsp3) is 0.875. The first-order chi connectivity index (χ1) is 5.20. The van der Waals surface area contributed by atoms with E-state index in [9.17, 15) is 4.79 Å². The molecule has 0 amide bonds. The van der Waals surface area contributed by atoms with E-state index >= 15 is 0 Å². The summed E-state index contributed by atoms with van der Waals surface area (Å²) in [5.74, 6) is 0.0732. The number of Topliss-reactive ketones (excluding diaryl/α,β-unsaturated/α-hetero) is 1. The lowest BCUT2D eigenvalue weighted by atomic mass is 10.2. The van der Waals surface area contributed by atoms with Crippen molar-refractivity contribution < 1.29 is 9.53 Å². The van der Waals surface area contributed by atoms with Gasteiger partial charge in [-0.25, -0.2) is 0 Å². The van der Waals surface area contributed by atoms with Crippen molar-refractivity contribution in [1.82, 2.24) is 0 Å². The molecule has 0 aromatic carbocycles. The van der Waals surface area contributed by atoms with Gasteiger partial charge in [-0.2, -0.15) is 0 Å². The zero-order valence-corrected chi connectivity index (χ0v) is 6.88. The topological polar surface area (TPSA) is 52.3 Å². The zero-order valence-electron chi connectivity index (χ0n) is 6.88. The third-order valence-electron chi connectivity index (χ3n) is 2.00. The summed E-state index contributed by atoms with van der Waals surface area (Å²) >= 11 is 0. The molecule has 0 heterocycles. The lowest BCUT2D eigenvalue weighted by molar-refractivity contribution is -0.123. The monoisotopic (exact) mass is 157 g/mol. The molecule has 0 spiro atoms. The summed E-state index contributed by atoms with van der Waals surface area (Å²) in [6.45, 7) is 1.75. The van der Waals surface area contributed by atoms with Crippen LogP contribution in [0.15, 0.2) is 0 Å². The maximum Gasteiger partial charge on any atom is 0.155 e. The molecule has 11 heavy (non-hydrogen) atoms. The van der Waals surface area contributed by atoms with Crippen molar-refractivity contribution in [3.05, 3.63) is 0 Å². The van der Waals surface area contributed by atoms with Crippen LogP contribution in [0, 0.1) is 0 Å². The molecular weight excluding hydrogens is 142 g/mol. The van der Waals surface area contributed by atoms with Crippen molar-refractivity contribution in [3.63, 3.8) is 0 Å². The Kier molecular flexibility index (Phi) is 3.02. The normalized spacial score (nSPS) is 30.7. The number of hydrogen-bond donors (Lipinski definition) is 1. The molecule has 2 atom stereocenters. The Bertz CT molecular complexity index is 147. The van der Waals surface area contributed by atoms with Gasteiger partial charge in [0.25, 0.3) is 0 Å². The highest BCUT2D eigenvalue weighted by Gasteiger charge is 2.24. The van der Waals surface area contributed by atoms with Gasteiger partial charge in [-0.1, -0.05) is 0 Å². The van der Waals surface area contributed by atoms with Gasteiger partial charge in [-0.3, -0.25) is 4.79 Å². The molecule has 3 heteroatoms. The van der Waals surface area contributed by atoms with Crippen LogP contribution in [0.4, 0.5) is 0 Å². The smallest absolute Gasteiger partial charge is 0.155 e. The van der Waals surface area contributed by atoms with E-state index in [0.29, 0.717) is 0 Å². The van der Waals surface area contributed by atoms with Gasteiger partial charge in [0.15, 0.2) is 5.78 Å². The second-order valence-electron chi connectivity index (χ2n) is 3.15. The number of carbonyl (C=O) groups excluding carboxylic acids is 1. The van der Waals surface area contributed by atoms with Gasteiger partial charge in [0.1, 0.15) is 6.61 Å². The standard InChI is InChI=1S/C8H15NO2/c1-6(10)5-11-8-4-2-3-7(8)9/h7-8H,2-5,9H2,1H3/t7-,8+/m0/s1. The Labute approximate surface area is 66.9 Å². The molecule has 2 N–H and O–H groups in total. The van der Waals surface area contributed by atoms with E-state index < -0.39 is 0 Å². The molecule has 1 fully saturated rings. The molecule has 0 aliphatic heterocycles. The summed E-state index contributed by atoms with van der Waals surface area (Å²) in [5.41, 5.74) is 5.73. The van der Waals surface area contributed by atoms with Crippen LogP contribution in [0.1, 0.15) is 26.2 Å². The van der Waals surface area contributed by atoms with Gasteiger partial charge < -0.3 is 10.5 Å². The predicted octanol–water partition coefficient (Wildman–Crippen LogP) is 0.472. The molecule has 0 aromatic heterocycles. The summed E-state index contributed by atoms with van der Waals surface area (Å²) in [6, 6.07) is 0.148. The van der Waals surface area contributed by atoms with Crippen LogP contribution in [0.3, 0.4) is 0 Å². The highest BCUT2D eigenvalue weighted by atomic mass is 16.5. The van der Waals surface area contributed by atoms with Crippen LogP contribution < -0.4 is 5.73 Å². The van der Waals surface area contributed by atoms with E-state index in [2.05, 4.69) is 0 Å². The van der Waals surface area contributed by atoms with Crippen LogP contribution >= 0.6 is 0 Å². The molecule has 0 bridgehead atoms. The minimum absolute atomic E-state index is 0.0732. The average molecular weight is 157 g/mol. The second-order valence-corrected chi connectivity index (χ2v) is 3.15. The number of ether oxygens (including phenoxy) is 1. The average Bonchev–Trinajstić information content (AvgIpc) is 2.31. The minimum atomic E-state index is 0.0732. The summed E-state index contributed by atoms with van der Waals surface area (Å²) in [5, 5.41) is 0. The predicted molar refractivity (Wildman–Crippen MR) is 42.2 cm³/mol. The zero-order chi connectivity index (χ0) is 8.27. The highest BCUT2D eigenvalue weighted by Crippen LogP contribution is 2.19. The van der Waals surface area contributed by atoms with Crippen molar-refractivity contribution in [2.75, 3.05) is 6.61 Å². The molecule has 1 saturated carbocycles. The number of ketones is 1. The van der Waals surface area contributed by atoms with Crippen molar-refractivity contribution in [3.8, 4) is 0 Å². The highest BCUT2D eigenvalue weighted by molar-refractivity contribution is 5.76. The summed E-state index contributed by atoms with van der Waals surface area (Å²) in [4.78, 5) is 10.5. The lowest BCUT2D eigenvalue weighted by Crippen LogP contribution is -2.32. The third kappa shape index (κ3) is 2.60. The summed E-state index contributed by atoms with van der Waals surface area (Å²) < 4.78 is 5.30. The Morgan fingerprint density at radius 1 is 1.64 bits per heavy atom. The van der Waals surface area contributed by atoms with Crippen LogP contribution in [0.2, 0.25) is 0 Å². The van der Waals surface area contributed by atoms with E-state index in [4.69, 9.17) is 10.5 Å². The van der Waals surface area contributed by atoms with Gasteiger partial charge in [0, 0.05) is 6.04 Å². The molecule has 3 nitrogen and oxygen atoms in total. The van der Waals surface area contributed by atoms with Crippen molar-refractivity contribution in [2.45, 2.75) is 38.3 Å². The Morgan fingerprint density at radius 2 is 2.36 bits per heavy atom. The molecule has 0 aromatic rings. The van der Waals surface area contributed by atoms with Crippen LogP contribution in [-0.4, -0.2) is 24.5 Å². The molecule has 0 saturated heterocycles. The van der Waals surface area contributed by atoms with Gasteiger partial charge in [0.2, 0.25) is 0 Å². The fourth-order valence-corrected chi connectivity index (χ4v) is 1.39. The molecule has 1 rings (SSSR count). The van der Waals surface area contributed by atoms with Gasteiger partial charge >= 0.3 is 0 Å². The molecule has 64 valence electrons. The van der Waals surface area contributed by atoms with Gasteiger partial charge in [-0.15, -0.1) is 0 Å². The van der Waals surface area contributed by atoms with Crippen LogP contribution in [0.25, 0.3) is 0 Å². The first-order valence-corrected chi connectivity index (χ1v) is 4.07. The quantitative estimate of drug-likeness (QED) is 0.648. The number of rotatable bonds is 3. The second kappa shape index (κ2) is 3.83. The van der Waals surface area contributed by atoms with Crippen LogP contribution in [0.5, 0.6) is 0 Å².